The first kappa shape index (κ1) is 14.5. The molecule has 0 atom stereocenters. The Balaban J connectivity index is 2.46. The summed E-state index contributed by atoms with van der Waals surface area (Å²) >= 11 is 4.90. The maximum Gasteiger partial charge on any atom is 0.140 e. The third-order valence-corrected chi connectivity index (χ3v) is 3.19. The lowest BCUT2D eigenvalue weighted by molar-refractivity contribution is 0.466. The number of hydrogen-bond acceptors (Lipinski definition) is 2. The normalized spacial score (nSPS) is 10.6. The van der Waals surface area contributed by atoms with Gasteiger partial charge in [0.2, 0.25) is 0 Å². The van der Waals surface area contributed by atoms with E-state index in [0.717, 1.165) is 5.56 Å². The van der Waals surface area contributed by atoms with Crippen molar-refractivity contribution in [2.45, 2.75) is 19.8 Å². The monoisotopic (exact) mass is 289 g/mol. The Labute approximate surface area is 123 Å². The average Bonchev–Trinajstić information content (AvgIpc) is 2.38. The zero-order chi connectivity index (χ0) is 14.7. The van der Waals surface area contributed by atoms with E-state index in [0.29, 0.717) is 17.4 Å². The lowest BCUT2D eigenvalue weighted by Crippen LogP contribution is -2.13. The van der Waals surface area contributed by atoms with E-state index in [1.54, 1.807) is 12.1 Å². The Kier molecular flexibility index (Phi) is 4.35. The topological polar surface area (TPSA) is 35.2 Å². The van der Waals surface area contributed by atoms with Crippen LogP contribution in [0.1, 0.15) is 30.9 Å². The maximum atomic E-state index is 13.8. The van der Waals surface area contributed by atoms with Gasteiger partial charge >= 0.3 is 0 Å². The van der Waals surface area contributed by atoms with Crippen molar-refractivity contribution in [3.05, 3.63) is 59.4 Å². The van der Waals surface area contributed by atoms with Crippen LogP contribution in [0.5, 0.6) is 11.5 Å². The van der Waals surface area contributed by atoms with E-state index in [2.05, 4.69) is 13.8 Å². The van der Waals surface area contributed by atoms with E-state index in [1.165, 1.54) is 6.07 Å². The zero-order valence-corrected chi connectivity index (χ0v) is 12.2. The minimum Gasteiger partial charge on any atom is -0.456 e. The number of halogens is 1. The SMILES string of the molecule is CC(C)c1ccccc1Oc1cccc(F)c1C(N)=S. The predicted molar refractivity (Wildman–Crippen MR) is 82.9 cm³/mol. The molecule has 0 saturated carbocycles. The molecule has 0 aromatic heterocycles. The molecule has 2 nitrogen and oxygen atoms in total. The summed E-state index contributed by atoms with van der Waals surface area (Å²) in [7, 11) is 0. The Hall–Kier alpha value is -1.94. The Morgan fingerprint density at radius 2 is 1.75 bits per heavy atom. The highest BCUT2D eigenvalue weighted by Crippen LogP contribution is 2.32. The molecule has 0 aliphatic rings. The summed E-state index contributed by atoms with van der Waals surface area (Å²) in [5, 5.41) is 0. The molecule has 0 fully saturated rings. The molecule has 0 saturated heterocycles. The van der Waals surface area contributed by atoms with E-state index in [-0.39, 0.29) is 10.6 Å². The van der Waals surface area contributed by atoms with Gasteiger partial charge in [-0.3, -0.25) is 0 Å². The van der Waals surface area contributed by atoms with Gasteiger partial charge in [-0.1, -0.05) is 50.3 Å². The fourth-order valence-corrected chi connectivity index (χ4v) is 2.20. The molecule has 2 rings (SSSR count). The summed E-state index contributed by atoms with van der Waals surface area (Å²) in [6.45, 7) is 4.14. The first-order valence-electron chi connectivity index (χ1n) is 6.35. The summed E-state index contributed by atoms with van der Waals surface area (Å²) < 4.78 is 19.7. The standard InChI is InChI=1S/C16H16FNOS/c1-10(2)11-6-3-4-8-13(11)19-14-9-5-7-12(17)15(14)16(18)20/h3-10H,1-2H3,(H2,18,20). The van der Waals surface area contributed by atoms with Crippen molar-refractivity contribution in [1.82, 2.24) is 0 Å². The van der Waals surface area contributed by atoms with Gasteiger partial charge in [0.1, 0.15) is 22.3 Å². The lowest BCUT2D eigenvalue weighted by Gasteiger charge is -2.15. The van der Waals surface area contributed by atoms with Crippen LogP contribution in [-0.2, 0) is 0 Å². The fourth-order valence-electron chi connectivity index (χ4n) is 2.00. The fraction of sp³-hybridized carbons (Fsp3) is 0.188. The van der Waals surface area contributed by atoms with Crippen LogP contribution in [0.15, 0.2) is 42.5 Å². The highest BCUT2D eigenvalue weighted by molar-refractivity contribution is 7.80. The zero-order valence-electron chi connectivity index (χ0n) is 11.4. The first-order valence-corrected chi connectivity index (χ1v) is 6.76. The van der Waals surface area contributed by atoms with Crippen LogP contribution in [0.3, 0.4) is 0 Å². The number of hydrogen-bond donors (Lipinski definition) is 1. The smallest absolute Gasteiger partial charge is 0.140 e. The molecule has 2 aromatic rings. The van der Waals surface area contributed by atoms with Gasteiger partial charge in [-0.2, -0.15) is 0 Å². The number of rotatable bonds is 4. The van der Waals surface area contributed by atoms with Gasteiger partial charge in [0, 0.05) is 0 Å². The maximum absolute atomic E-state index is 13.8. The number of benzene rings is 2. The molecule has 0 bridgehead atoms. The number of ether oxygens (including phenoxy) is 1. The van der Waals surface area contributed by atoms with Crippen LogP contribution in [0, 0.1) is 5.82 Å². The van der Waals surface area contributed by atoms with Gasteiger partial charge in [-0.15, -0.1) is 0 Å². The molecular weight excluding hydrogens is 273 g/mol. The molecule has 104 valence electrons. The van der Waals surface area contributed by atoms with E-state index in [9.17, 15) is 4.39 Å². The lowest BCUT2D eigenvalue weighted by atomic mass is 10.0. The minimum absolute atomic E-state index is 0.0138. The van der Waals surface area contributed by atoms with Crippen LogP contribution < -0.4 is 10.5 Å². The van der Waals surface area contributed by atoms with E-state index in [1.807, 2.05) is 24.3 Å². The second kappa shape index (κ2) is 6.01. The molecule has 0 unspecified atom stereocenters. The van der Waals surface area contributed by atoms with Crippen LogP contribution >= 0.6 is 12.2 Å². The molecule has 0 amide bonds. The first-order chi connectivity index (χ1) is 9.50. The van der Waals surface area contributed by atoms with Crippen LogP contribution in [0.25, 0.3) is 0 Å². The van der Waals surface area contributed by atoms with Crippen molar-refractivity contribution in [2.24, 2.45) is 5.73 Å². The highest BCUT2D eigenvalue weighted by atomic mass is 32.1. The van der Waals surface area contributed by atoms with Crippen molar-refractivity contribution in [3.63, 3.8) is 0 Å². The van der Waals surface area contributed by atoms with Gasteiger partial charge in [0.15, 0.2) is 0 Å². The molecule has 0 heterocycles. The Morgan fingerprint density at radius 1 is 1.10 bits per heavy atom. The molecule has 20 heavy (non-hydrogen) atoms. The summed E-state index contributed by atoms with van der Waals surface area (Å²) in [5.41, 5.74) is 6.77. The summed E-state index contributed by atoms with van der Waals surface area (Å²) in [6.07, 6.45) is 0. The van der Waals surface area contributed by atoms with Gasteiger partial charge in [0.25, 0.3) is 0 Å². The second-order valence-corrected chi connectivity index (χ2v) is 5.21. The van der Waals surface area contributed by atoms with Crippen molar-refractivity contribution >= 4 is 17.2 Å². The number of thiocarbonyl (C=S) groups is 1. The van der Waals surface area contributed by atoms with Gasteiger partial charge in [-0.25, -0.2) is 4.39 Å². The van der Waals surface area contributed by atoms with Gasteiger partial charge in [0.05, 0.1) is 5.56 Å². The molecule has 0 radical (unpaired) electrons. The highest BCUT2D eigenvalue weighted by Gasteiger charge is 2.15. The molecule has 0 spiro atoms. The van der Waals surface area contributed by atoms with E-state index in [4.69, 9.17) is 22.7 Å². The molecule has 0 aliphatic carbocycles. The molecular formula is C16H16FNOS. The van der Waals surface area contributed by atoms with Crippen molar-refractivity contribution in [2.75, 3.05) is 0 Å². The van der Waals surface area contributed by atoms with E-state index >= 15 is 0 Å². The Morgan fingerprint density at radius 3 is 2.40 bits per heavy atom. The van der Waals surface area contributed by atoms with Crippen LogP contribution in [0.4, 0.5) is 4.39 Å². The van der Waals surface area contributed by atoms with E-state index < -0.39 is 5.82 Å². The predicted octanol–water partition coefficient (Wildman–Crippen LogP) is 4.38. The molecule has 2 aromatic carbocycles. The summed E-state index contributed by atoms with van der Waals surface area (Å²) in [4.78, 5) is -0.0138. The van der Waals surface area contributed by atoms with Crippen LogP contribution in [0.2, 0.25) is 0 Å². The van der Waals surface area contributed by atoms with Crippen LogP contribution in [-0.4, -0.2) is 4.99 Å². The average molecular weight is 289 g/mol. The van der Waals surface area contributed by atoms with Crippen molar-refractivity contribution in [3.8, 4) is 11.5 Å². The molecule has 4 heteroatoms. The third-order valence-electron chi connectivity index (χ3n) is 2.98. The molecule has 2 N–H and O–H groups in total. The molecule has 0 aliphatic heterocycles. The minimum atomic E-state index is -0.475. The van der Waals surface area contributed by atoms with Crippen molar-refractivity contribution < 1.29 is 9.13 Å². The third kappa shape index (κ3) is 2.96. The Bertz CT molecular complexity index is 640. The summed E-state index contributed by atoms with van der Waals surface area (Å²) in [5.74, 6) is 0.848. The van der Waals surface area contributed by atoms with Gasteiger partial charge in [-0.05, 0) is 29.7 Å². The van der Waals surface area contributed by atoms with Gasteiger partial charge < -0.3 is 10.5 Å². The summed E-state index contributed by atoms with van der Waals surface area (Å²) in [6, 6.07) is 12.2. The number of nitrogens with two attached hydrogens (primary N) is 1. The second-order valence-electron chi connectivity index (χ2n) is 4.77. The number of para-hydroxylation sites is 1. The van der Waals surface area contributed by atoms with Crippen molar-refractivity contribution in [1.29, 1.82) is 0 Å². The quantitative estimate of drug-likeness (QED) is 0.849. The largest absolute Gasteiger partial charge is 0.456 e.